The number of aliphatic hydroxyl groups is 1. The molecular weight excluding hydrogens is 446 g/mol. The highest BCUT2D eigenvalue weighted by molar-refractivity contribution is 8.02. The van der Waals surface area contributed by atoms with E-state index in [4.69, 9.17) is 9.47 Å². The van der Waals surface area contributed by atoms with Crippen LogP contribution in [0.5, 0.6) is 0 Å². The first-order chi connectivity index (χ1) is 16.1. The Hall–Kier alpha value is -1.88. The number of rotatable bonds is 6. The second kappa shape index (κ2) is 9.40. The minimum absolute atomic E-state index is 0.0666. The molecule has 3 fully saturated rings. The molecule has 0 aromatic heterocycles. The molecule has 0 aromatic carbocycles. The SMILES string of the molecule is O=C1OCC=C[C@@H]2S[C@]34C=CCN(CCN5CCOCC5)C(=O)C3N(CCCO)C(=O)[C@@H]4[C@H]12. The van der Waals surface area contributed by atoms with Gasteiger partial charge in [-0.05, 0) is 6.42 Å². The highest BCUT2D eigenvalue weighted by Crippen LogP contribution is 2.60. The van der Waals surface area contributed by atoms with Gasteiger partial charge in [-0.25, -0.2) is 0 Å². The Labute approximate surface area is 197 Å². The third-order valence-electron chi connectivity index (χ3n) is 7.34. The molecule has 10 heteroatoms. The van der Waals surface area contributed by atoms with Crippen molar-refractivity contribution in [1.82, 2.24) is 14.7 Å². The normalized spacial score (nSPS) is 36.3. The number of hydrogen-bond donors (Lipinski definition) is 1. The monoisotopic (exact) mass is 477 g/mol. The molecule has 5 aliphatic heterocycles. The van der Waals surface area contributed by atoms with Crippen molar-refractivity contribution in [3.63, 3.8) is 0 Å². The highest BCUT2D eigenvalue weighted by Gasteiger charge is 2.70. The van der Waals surface area contributed by atoms with E-state index in [0.29, 0.717) is 32.7 Å². The molecule has 5 aliphatic rings. The van der Waals surface area contributed by atoms with Crippen LogP contribution in [0, 0.1) is 11.8 Å². The van der Waals surface area contributed by atoms with Crippen molar-refractivity contribution in [3.05, 3.63) is 24.3 Å². The van der Waals surface area contributed by atoms with Crippen LogP contribution in [0.4, 0.5) is 0 Å². The first kappa shape index (κ1) is 22.9. The number of esters is 1. The zero-order valence-electron chi connectivity index (χ0n) is 18.6. The number of nitrogens with zero attached hydrogens (tertiary/aromatic N) is 3. The average molecular weight is 478 g/mol. The van der Waals surface area contributed by atoms with Crippen molar-refractivity contribution in [3.8, 4) is 0 Å². The predicted octanol–water partition coefficient (Wildman–Crippen LogP) is -0.490. The molecule has 33 heavy (non-hydrogen) atoms. The van der Waals surface area contributed by atoms with Crippen LogP contribution < -0.4 is 0 Å². The summed E-state index contributed by atoms with van der Waals surface area (Å²) in [5.74, 6) is -1.90. The molecular formula is C23H31N3O6S. The maximum absolute atomic E-state index is 14.0. The summed E-state index contributed by atoms with van der Waals surface area (Å²) in [5, 5.41) is 9.23. The van der Waals surface area contributed by atoms with Crippen LogP contribution >= 0.6 is 11.8 Å². The van der Waals surface area contributed by atoms with Crippen LogP contribution in [0.1, 0.15) is 6.42 Å². The quantitative estimate of drug-likeness (QED) is 0.404. The molecule has 0 aliphatic carbocycles. The smallest absolute Gasteiger partial charge is 0.311 e. The summed E-state index contributed by atoms with van der Waals surface area (Å²) in [6.45, 7) is 5.34. The van der Waals surface area contributed by atoms with Gasteiger partial charge in [0.1, 0.15) is 12.6 Å². The number of morpholine rings is 1. The van der Waals surface area contributed by atoms with E-state index in [1.165, 1.54) is 0 Å². The van der Waals surface area contributed by atoms with Crippen LogP contribution in [0.25, 0.3) is 0 Å². The molecule has 9 nitrogen and oxygen atoms in total. The summed E-state index contributed by atoms with van der Waals surface area (Å²) in [4.78, 5) is 46.3. The Morgan fingerprint density at radius 1 is 1.09 bits per heavy atom. The second-order valence-electron chi connectivity index (χ2n) is 9.15. The van der Waals surface area contributed by atoms with Crippen LogP contribution in [-0.2, 0) is 23.9 Å². The van der Waals surface area contributed by atoms with E-state index >= 15 is 0 Å². The zero-order valence-corrected chi connectivity index (χ0v) is 19.5. The topological polar surface area (TPSA) is 99.6 Å². The fourth-order valence-corrected chi connectivity index (χ4v) is 7.79. The fourth-order valence-electron chi connectivity index (χ4n) is 5.78. The summed E-state index contributed by atoms with van der Waals surface area (Å²) in [5.41, 5.74) is 0. The minimum Gasteiger partial charge on any atom is -0.461 e. The van der Waals surface area contributed by atoms with E-state index in [1.54, 1.807) is 16.7 Å². The highest BCUT2D eigenvalue weighted by atomic mass is 32.2. The second-order valence-corrected chi connectivity index (χ2v) is 10.6. The Bertz CT molecular complexity index is 859. The number of ether oxygens (including phenoxy) is 2. The molecule has 1 spiro atoms. The molecule has 0 bridgehead atoms. The van der Waals surface area contributed by atoms with Gasteiger partial charge < -0.3 is 24.4 Å². The van der Waals surface area contributed by atoms with Gasteiger partial charge in [-0.3, -0.25) is 19.3 Å². The number of amides is 2. The molecule has 1 unspecified atom stereocenters. The van der Waals surface area contributed by atoms with E-state index in [1.807, 2.05) is 29.2 Å². The Kier molecular flexibility index (Phi) is 6.52. The van der Waals surface area contributed by atoms with Gasteiger partial charge in [0.25, 0.3) is 0 Å². The zero-order chi connectivity index (χ0) is 23.0. The van der Waals surface area contributed by atoms with Crippen LogP contribution in [0.2, 0.25) is 0 Å². The summed E-state index contributed by atoms with van der Waals surface area (Å²) in [7, 11) is 0. The lowest BCUT2D eigenvalue weighted by Crippen LogP contribution is -2.54. The van der Waals surface area contributed by atoms with Gasteiger partial charge in [-0.2, -0.15) is 0 Å². The molecule has 5 rings (SSSR count). The van der Waals surface area contributed by atoms with Crippen molar-refractivity contribution in [1.29, 1.82) is 0 Å². The number of carbonyl (C=O) groups is 3. The van der Waals surface area contributed by atoms with Crippen molar-refractivity contribution in [2.45, 2.75) is 22.5 Å². The molecule has 0 radical (unpaired) electrons. The van der Waals surface area contributed by atoms with Gasteiger partial charge in [0, 0.05) is 51.1 Å². The largest absolute Gasteiger partial charge is 0.461 e. The number of fused-ring (bicyclic) bond motifs is 2. The fraction of sp³-hybridized carbons (Fsp3) is 0.696. The van der Waals surface area contributed by atoms with Crippen LogP contribution in [-0.4, -0.2) is 119 Å². The van der Waals surface area contributed by atoms with Crippen molar-refractivity contribution < 1.29 is 29.0 Å². The number of carbonyl (C=O) groups excluding carboxylic acids is 3. The third kappa shape index (κ3) is 3.90. The van der Waals surface area contributed by atoms with Crippen molar-refractivity contribution >= 4 is 29.5 Å². The van der Waals surface area contributed by atoms with Crippen LogP contribution in [0.15, 0.2) is 24.3 Å². The number of hydrogen-bond acceptors (Lipinski definition) is 8. The van der Waals surface area contributed by atoms with E-state index in [0.717, 1.165) is 19.6 Å². The maximum atomic E-state index is 14.0. The van der Waals surface area contributed by atoms with Crippen molar-refractivity contribution in [2.75, 3.05) is 65.7 Å². The van der Waals surface area contributed by atoms with Crippen LogP contribution in [0.3, 0.4) is 0 Å². The number of cyclic esters (lactones) is 1. The Morgan fingerprint density at radius 2 is 1.91 bits per heavy atom. The summed E-state index contributed by atoms with van der Waals surface area (Å²) < 4.78 is 9.97. The minimum atomic E-state index is -0.812. The molecule has 2 amide bonds. The van der Waals surface area contributed by atoms with Gasteiger partial charge in [0.05, 0.1) is 29.8 Å². The van der Waals surface area contributed by atoms with Crippen molar-refractivity contribution in [2.24, 2.45) is 11.8 Å². The number of thioether (sulfide) groups is 1. The lowest BCUT2D eigenvalue weighted by Gasteiger charge is -2.36. The van der Waals surface area contributed by atoms with Gasteiger partial charge in [-0.1, -0.05) is 24.3 Å². The Morgan fingerprint density at radius 3 is 2.70 bits per heavy atom. The van der Waals surface area contributed by atoms with E-state index in [9.17, 15) is 19.5 Å². The lowest BCUT2D eigenvalue weighted by atomic mass is 9.78. The number of likely N-dealkylation sites (tertiary alicyclic amines) is 1. The molecule has 5 heterocycles. The Balaban J connectivity index is 1.45. The van der Waals surface area contributed by atoms with E-state index in [2.05, 4.69) is 4.90 Å². The molecule has 0 aromatic rings. The lowest BCUT2D eigenvalue weighted by molar-refractivity contribution is -0.151. The van der Waals surface area contributed by atoms with Gasteiger partial charge in [-0.15, -0.1) is 11.8 Å². The maximum Gasteiger partial charge on any atom is 0.311 e. The first-order valence-electron chi connectivity index (χ1n) is 11.8. The van der Waals surface area contributed by atoms with E-state index in [-0.39, 0.29) is 42.8 Å². The standard InChI is InChI=1S/C23H31N3O6S/c27-12-3-7-26-19-21(29)25(9-8-24-10-14-31-15-11-24)6-2-5-23(19)18(20(26)28)17-16(33-23)4-1-13-32-22(17)30/h1-2,4-5,16-19,27H,3,6-15H2/t16-,17+,18-,19?,23-/m0/s1. The summed E-state index contributed by atoms with van der Waals surface area (Å²) in [6.07, 6.45) is 8.16. The number of aliphatic hydroxyl groups excluding tert-OH is 1. The van der Waals surface area contributed by atoms with Gasteiger partial charge in [0.2, 0.25) is 11.8 Å². The molecule has 3 saturated heterocycles. The predicted molar refractivity (Wildman–Crippen MR) is 121 cm³/mol. The van der Waals surface area contributed by atoms with Gasteiger partial charge in [0.15, 0.2) is 0 Å². The van der Waals surface area contributed by atoms with E-state index < -0.39 is 22.6 Å². The summed E-state index contributed by atoms with van der Waals surface area (Å²) >= 11 is 1.55. The third-order valence-corrected chi connectivity index (χ3v) is 9.09. The molecule has 180 valence electrons. The average Bonchev–Trinajstić information content (AvgIpc) is 3.12. The van der Waals surface area contributed by atoms with Gasteiger partial charge >= 0.3 is 5.97 Å². The molecule has 5 atom stereocenters. The first-order valence-corrected chi connectivity index (χ1v) is 12.6. The molecule has 1 N–H and O–H groups in total. The molecule has 0 saturated carbocycles. The summed E-state index contributed by atoms with van der Waals surface area (Å²) in [6, 6.07) is -0.692.